The Morgan fingerprint density at radius 3 is 2.16 bits per heavy atom. The number of hydrogen-bond donors (Lipinski definition) is 1. The number of carbonyl (C=O) groups excluding carboxylic acids is 2. The molecular formula is C28H33N3O5S. The van der Waals surface area contributed by atoms with Crippen molar-refractivity contribution < 1.29 is 22.7 Å². The van der Waals surface area contributed by atoms with Gasteiger partial charge in [-0.15, -0.1) is 0 Å². The molecule has 0 bridgehead atoms. The quantitative estimate of drug-likeness (QED) is 0.413. The molecule has 3 aromatic rings. The van der Waals surface area contributed by atoms with Gasteiger partial charge < -0.3 is 15.0 Å². The second-order valence-corrected chi connectivity index (χ2v) is 10.4. The van der Waals surface area contributed by atoms with Crippen LogP contribution in [0.1, 0.15) is 24.5 Å². The van der Waals surface area contributed by atoms with Gasteiger partial charge in [-0.05, 0) is 43.2 Å². The Morgan fingerprint density at radius 2 is 1.57 bits per heavy atom. The number of nitrogens with one attached hydrogen (secondary N) is 1. The van der Waals surface area contributed by atoms with E-state index in [1.165, 1.54) is 31.2 Å². The monoisotopic (exact) mass is 523 g/mol. The van der Waals surface area contributed by atoms with E-state index in [0.29, 0.717) is 12.2 Å². The molecule has 1 N–H and O–H groups in total. The van der Waals surface area contributed by atoms with E-state index in [1.54, 1.807) is 42.5 Å². The van der Waals surface area contributed by atoms with E-state index in [0.717, 1.165) is 15.4 Å². The molecule has 0 radical (unpaired) electrons. The Labute approximate surface area is 218 Å². The largest absolute Gasteiger partial charge is 0.495 e. The maximum Gasteiger partial charge on any atom is 0.264 e. The van der Waals surface area contributed by atoms with Crippen LogP contribution in [0.2, 0.25) is 0 Å². The minimum atomic E-state index is -4.15. The average Bonchev–Trinajstić information content (AvgIpc) is 2.92. The first-order chi connectivity index (χ1) is 17.7. The van der Waals surface area contributed by atoms with Crippen LogP contribution in [0.4, 0.5) is 5.69 Å². The van der Waals surface area contributed by atoms with Crippen molar-refractivity contribution in [1.82, 2.24) is 10.2 Å². The van der Waals surface area contributed by atoms with Crippen molar-refractivity contribution in [3.05, 3.63) is 90.0 Å². The fourth-order valence-electron chi connectivity index (χ4n) is 4.05. The summed E-state index contributed by atoms with van der Waals surface area (Å²) in [5, 5.41) is 2.62. The van der Waals surface area contributed by atoms with E-state index in [-0.39, 0.29) is 23.0 Å². The number of amides is 2. The molecule has 0 aliphatic heterocycles. The van der Waals surface area contributed by atoms with E-state index in [2.05, 4.69) is 5.32 Å². The van der Waals surface area contributed by atoms with E-state index < -0.39 is 28.5 Å². The van der Waals surface area contributed by atoms with Crippen LogP contribution in [0, 0.1) is 6.92 Å². The smallest absolute Gasteiger partial charge is 0.264 e. The van der Waals surface area contributed by atoms with Gasteiger partial charge in [0.25, 0.3) is 10.0 Å². The second-order valence-electron chi connectivity index (χ2n) is 8.54. The second kappa shape index (κ2) is 12.4. The van der Waals surface area contributed by atoms with Gasteiger partial charge in [-0.3, -0.25) is 13.9 Å². The molecule has 0 fully saturated rings. The molecule has 0 unspecified atom stereocenters. The first-order valence-electron chi connectivity index (χ1n) is 12.0. The van der Waals surface area contributed by atoms with E-state index in [9.17, 15) is 18.0 Å². The number of ether oxygens (including phenoxy) is 1. The van der Waals surface area contributed by atoms with Crippen LogP contribution < -0.4 is 14.4 Å². The van der Waals surface area contributed by atoms with E-state index in [1.807, 2.05) is 38.1 Å². The molecule has 0 spiro atoms. The maximum atomic E-state index is 13.9. The lowest BCUT2D eigenvalue weighted by Gasteiger charge is -2.33. The normalized spacial score (nSPS) is 11.9. The topological polar surface area (TPSA) is 96.0 Å². The summed E-state index contributed by atoms with van der Waals surface area (Å²) in [6.45, 7) is 3.41. The fraction of sp³-hybridized carbons (Fsp3) is 0.286. The molecule has 196 valence electrons. The summed E-state index contributed by atoms with van der Waals surface area (Å²) in [4.78, 5) is 28.1. The fourth-order valence-corrected chi connectivity index (χ4v) is 5.49. The van der Waals surface area contributed by atoms with Gasteiger partial charge >= 0.3 is 0 Å². The van der Waals surface area contributed by atoms with Gasteiger partial charge in [0.05, 0.1) is 17.7 Å². The number of para-hydroxylation sites is 2. The first kappa shape index (κ1) is 27.7. The molecule has 9 heteroatoms. The number of hydrogen-bond acceptors (Lipinski definition) is 5. The van der Waals surface area contributed by atoms with Gasteiger partial charge in [0.15, 0.2) is 0 Å². The summed E-state index contributed by atoms with van der Waals surface area (Å²) in [5.74, 6) is -0.530. The highest BCUT2D eigenvalue weighted by molar-refractivity contribution is 7.92. The molecule has 3 rings (SSSR count). The number of likely N-dealkylation sites (N-methyl/N-ethyl adjacent to an activating group) is 1. The van der Waals surface area contributed by atoms with Crippen molar-refractivity contribution in [2.45, 2.75) is 37.8 Å². The summed E-state index contributed by atoms with van der Waals surface area (Å²) in [6.07, 6.45) is 0.359. The number of benzene rings is 3. The SMILES string of the molecule is CC[C@H](C(=O)NC)N(Cc1ccc(C)cc1)C(=O)CN(c1ccccc1OC)S(=O)(=O)c1ccccc1. The Kier molecular flexibility index (Phi) is 9.30. The third-order valence-corrected chi connectivity index (χ3v) is 7.84. The van der Waals surface area contributed by atoms with Crippen molar-refractivity contribution in [1.29, 1.82) is 0 Å². The van der Waals surface area contributed by atoms with Gasteiger partial charge in [-0.2, -0.15) is 0 Å². The Hall–Kier alpha value is -3.85. The highest BCUT2D eigenvalue weighted by atomic mass is 32.2. The molecule has 0 heterocycles. The van der Waals surface area contributed by atoms with E-state index >= 15 is 0 Å². The summed E-state index contributed by atoms with van der Waals surface area (Å²) in [6, 6.07) is 21.4. The molecule has 0 saturated carbocycles. The van der Waals surface area contributed by atoms with Crippen molar-refractivity contribution >= 4 is 27.5 Å². The molecule has 37 heavy (non-hydrogen) atoms. The molecule has 3 aromatic carbocycles. The lowest BCUT2D eigenvalue weighted by Crippen LogP contribution is -2.51. The number of methoxy groups -OCH3 is 1. The van der Waals surface area contributed by atoms with Gasteiger partial charge in [0, 0.05) is 13.6 Å². The number of aryl methyl sites for hydroxylation is 1. The van der Waals surface area contributed by atoms with Crippen LogP contribution in [0.15, 0.2) is 83.8 Å². The lowest BCUT2D eigenvalue weighted by atomic mass is 10.1. The molecule has 0 saturated heterocycles. The minimum absolute atomic E-state index is 0.0390. The zero-order valence-electron chi connectivity index (χ0n) is 21.5. The molecule has 0 aliphatic rings. The standard InChI is InChI=1S/C28H33N3O5S/c1-5-24(28(33)29-3)30(19-22-17-15-21(2)16-18-22)27(32)20-31(25-13-9-10-14-26(25)36-4)37(34,35)23-11-7-6-8-12-23/h6-18,24H,5,19-20H2,1-4H3,(H,29,33)/t24-/m1/s1. The van der Waals surface area contributed by atoms with Crippen LogP contribution in [-0.4, -0.2) is 51.9 Å². The van der Waals surface area contributed by atoms with Crippen LogP contribution in [0.5, 0.6) is 5.75 Å². The molecule has 0 aliphatic carbocycles. The van der Waals surface area contributed by atoms with Crippen LogP contribution in [0.25, 0.3) is 0 Å². The number of rotatable bonds is 11. The third-order valence-electron chi connectivity index (χ3n) is 6.07. The first-order valence-corrected chi connectivity index (χ1v) is 13.4. The predicted octanol–water partition coefficient (Wildman–Crippen LogP) is 3.75. The van der Waals surface area contributed by atoms with Gasteiger partial charge in [0.2, 0.25) is 11.8 Å². The maximum absolute atomic E-state index is 13.9. The van der Waals surface area contributed by atoms with Crippen molar-refractivity contribution in [2.24, 2.45) is 0 Å². The summed E-state index contributed by atoms with van der Waals surface area (Å²) in [5.41, 5.74) is 2.12. The van der Waals surface area contributed by atoms with E-state index in [4.69, 9.17) is 4.74 Å². The summed E-state index contributed by atoms with van der Waals surface area (Å²) in [7, 11) is -1.19. The minimum Gasteiger partial charge on any atom is -0.495 e. The van der Waals surface area contributed by atoms with Gasteiger partial charge in [0.1, 0.15) is 18.3 Å². The highest BCUT2D eigenvalue weighted by Gasteiger charge is 2.34. The Balaban J connectivity index is 2.08. The number of anilines is 1. The highest BCUT2D eigenvalue weighted by Crippen LogP contribution is 2.32. The van der Waals surface area contributed by atoms with Crippen molar-refractivity contribution in [3.8, 4) is 5.75 Å². The van der Waals surface area contributed by atoms with Crippen LogP contribution in [0.3, 0.4) is 0 Å². The number of nitrogens with zero attached hydrogens (tertiary/aromatic N) is 2. The Bertz CT molecular complexity index is 1310. The lowest BCUT2D eigenvalue weighted by molar-refractivity contribution is -0.140. The summed E-state index contributed by atoms with van der Waals surface area (Å²) < 4.78 is 34.1. The molecule has 0 aromatic heterocycles. The Morgan fingerprint density at radius 1 is 0.946 bits per heavy atom. The predicted molar refractivity (Wildman–Crippen MR) is 144 cm³/mol. The van der Waals surface area contributed by atoms with Crippen LogP contribution in [-0.2, 0) is 26.2 Å². The zero-order chi connectivity index (χ0) is 27.0. The molecular weight excluding hydrogens is 490 g/mol. The molecule has 1 atom stereocenters. The number of sulfonamides is 1. The van der Waals surface area contributed by atoms with Gasteiger partial charge in [-0.25, -0.2) is 8.42 Å². The van der Waals surface area contributed by atoms with Crippen LogP contribution >= 0.6 is 0 Å². The van der Waals surface area contributed by atoms with Gasteiger partial charge in [-0.1, -0.05) is 67.1 Å². The average molecular weight is 524 g/mol. The van der Waals surface area contributed by atoms with Crippen molar-refractivity contribution in [3.63, 3.8) is 0 Å². The number of carbonyl (C=O) groups is 2. The van der Waals surface area contributed by atoms with Crippen molar-refractivity contribution in [2.75, 3.05) is 25.0 Å². The summed E-state index contributed by atoms with van der Waals surface area (Å²) >= 11 is 0. The molecule has 8 nitrogen and oxygen atoms in total. The third kappa shape index (κ3) is 6.48. The zero-order valence-corrected chi connectivity index (χ0v) is 22.4. The molecule has 2 amide bonds.